The van der Waals surface area contributed by atoms with Crippen LogP contribution in [0.1, 0.15) is 42.5 Å². The number of fused-ring (bicyclic) bond motifs is 1. The predicted octanol–water partition coefficient (Wildman–Crippen LogP) is 4.35. The van der Waals surface area contributed by atoms with Gasteiger partial charge < -0.3 is 4.90 Å². The lowest BCUT2D eigenvalue weighted by Crippen LogP contribution is -2.38. The quantitative estimate of drug-likeness (QED) is 0.830. The first-order valence-corrected chi connectivity index (χ1v) is 11.1. The van der Waals surface area contributed by atoms with Crippen molar-refractivity contribution in [3.05, 3.63) is 52.6 Å². The summed E-state index contributed by atoms with van der Waals surface area (Å²) in [5.74, 6) is -0.0459. The number of nitrogens with zero attached hydrogens (tertiary/aromatic N) is 1. The average Bonchev–Trinajstić information content (AvgIpc) is 2.63. The molecule has 1 N–H and O–H groups in total. The van der Waals surface area contributed by atoms with Crippen LogP contribution in [0.2, 0.25) is 0 Å². The summed E-state index contributed by atoms with van der Waals surface area (Å²) in [7, 11) is -3.72. The Kier molecular flexibility index (Phi) is 5.53. The number of rotatable bonds is 4. The highest BCUT2D eigenvalue weighted by Crippen LogP contribution is 2.32. The summed E-state index contributed by atoms with van der Waals surface area (Å²) in [4.78, 5) is 14.6. The Morgan fingerprint density at radius 2 is 1.71 bits per heavy atom. The molecule has 0 aromatic heterocycles. The second-order valence-corrected chi connectivity index (χ2v) is 9.55. The summed E-state index contributed by atoms with van der Waals surface area (Å²) < 4.78 is 28.7. The van der Waals surface area contributed by atoms with E-state index in [1.165, 1.54) is 0 Å². The topological polar surface area (TPSA) is 66.5 Å². The van der Waals surface area contributed by atoms with Gasteiger partial charge in [0.15, 0.2) is 0 Å². The largest absolute Gasteiger partial charge is 0.312 e. The molecule has 0 atom stereocenters. The molecule has 0 fully saturated rings. The van der Waals surface area contributed by atoms with E-state index in [-0.39, 0.29) is 16.7 Å². The summed E-state index contributed by atoms with van der Waals surface area (Å²) in [5.41, 5.74) is 5.07. The van der Waals surface area contributed by atoms with Crippen molar-refractivity contribution in [2.24, 2.45) is 5.92 Å². The number of nitrogens with one attached hydrogen (secondary N) is 1. The third kappa shape index (κ3) is 3.92. The predicted molar refractivity (Wildman–Crippen MR) is 113 cm³/mol. The highest BCUT2D eigenvalue weighted by Gasteiger charge is 2.25. The fourth-order valence-corrected chi connectivity index (χ4v) is 4.97. The Morgan fingerprint density at radius 1 is 1.04 bits per heavy atom. The molecule has 1 amide bonds. The number of hydrogen-bond acceptors (Lipinski definition) is 3. The van der Waals surface area contributed by atoms with E-state index in [1.54, 1.807) is 30.0 Å². The first kappa shape index (κ1) is 20.4. The normalized spacial score (nSPS) is 14.1. The summed E-state index contributed by atoms with van der Waals surface area (Å²) in [6.45, 7) is 10.1. The van der Waals surface area contributed by atoms with E-state index in [0.29, 0.717) is 17.8 Å². The third-order valence-electron chi connectivity index (χ3n) is 5.30. The van der Waals surface area contributed by atoms with Gasteiger partial charge in [-0.1, -0.05) is 26.0 Å². The number of aryl methyl sites for hydroxylation is 4. The van der Waals surface area contributed by atoms with Crippen molar-refractivity contribution in [1.82, 2.24) is 0 Å². The van der Waals surface area contributed by atoms with Crippen LogP contribution in [0.4, 0.5) is 11.4 Å². The molecule has 1 aliphatic heterocycles. The lowest BCUT2D eigenvalue weighted by Gasteiger charge is -2.31. The van der Waals surface area contributed by atoms with E-state index in [4.69, 9.17) is 0 Å². The highest BCUT2D eigenvalue weighted by molar-refractivity contribution is 7.92. The molecule has 0 spiro atoms. The summed E-state index contributed by atoms with van der Waals surface area (Å²) in [6.07, 6.45) is 1.80. The van der Waals surface area contributed by atoms with Crippen LogP contribution in [0.25, 0.3) is 0 Å². The minimum atomic E-state index is -3.72. The molecular formula is C22H28N2O3S. The SMILES string of the molecule is Cc1cc(C)c(S(=O)(=O)Nc2ccc3c(c2)N(C(=O)C(C)C)CCC3)cc1C. The van der Waals surface area contributed by atoms with Crippen molar-refractivity contribution in [3.63, 3.8) is 0 Å². The maximum absolute atomic E-state index is 13.0. The Balaban J connectivity index is 1.97. The molecule has 5 nitrogen and oxygen atoms in total. The van der Waals surface area contributed by atoms with Crippen LogP contribution in [0.5, 0.6) is 0 Å². The maximum atomic E-state index is 13.0. The van der Waals surface area contributed by atoms with Crippen LogP contribution in [0.15, 0.2) is 35.2 Å². The smallest absolute Gasteiger partial charge is 0.262 e. The molecule has 0 bridgehead atoms. The van der Waals surface area contributed by atoms with E-state index in [2.05, 4.69) is 4.72 Å². The first-order valence-electron chi connectivity index (χ1n) is 9.65. The molecule has 2 aromatic carbocycles. The van der Waals surface area contributed by atoms with Crippen LogP contribution in [0, 0.1) is 26.7 Å². The molecule has 0 saturated carbocycles. The Labute approximate surface area is 167 Å². The summed E-state index contributed by atoms with van der Waals surface area (Å²) in [5, 5.41) is 0. The summed E-state index contributed by atoms with van der Waals surface area (Å²) in [6, 6.07) is 9.07. The van der Waals surface area contributed by atoms with Crippen molar-refractivity contribution in [3.8, 4) is 0 Å². The van der Waals surface area contributed by atoms with Gasteiger partial charge in [0.2, 0.25) is 5.91 Å². The second kappa shape index (κ2) is 7.59. The maximum Gasteiger partial charge on any atom is 0.262 e. The molecule has 0 saturated heterocycles. The second-order valence-electron chi connectivity index (χ2n) is 7.90. The molecular weight excluding hydrogens is 372 g/mol. The number of carbonyl (C=O) groups is 1. The minimum Gasteiger partial charge on any atom is -0.312 e. The van der Waals surface area contributed by atoms with Gasteiger partial charge in [0.25, 0.3) is 10.0 Å². The molecule has 0 aliphatic carbocycles. The number of anilines is 2. The average molecular weight is 401 g/mol. The zero-order chi connectivity index (χ0) is 20.6. The van der Waals surface area contributed by atoms with Gasteiger partial charge in [-0.3, -0.25) is 9.52 Å². The van der Waals surface area contributed by atoms with Gasteiger partial charge in [0.05, 0.1) is 10.6 Å². The molecule has 28 heavy (non-hydrogen) atoms. The van der Waals surface area contributed by atoms with Gasteiger partial charge >= 0.3 is 0 Å². The first-order chi connectivity index (χ1) is 13.1. The van der Waals surface area contributed by atoms with Gasteiger partial charge in [0, 0.05) is 18.2 Å². The number of sulfonamides is 1. The monoisotopic (exact) mass is 400 g/mol. The van der Waals surface area contributed by atoms with Crippen LogP contribution in [-0.4, -0.2) is 20.9 Å². The standard InChI is InChI=1S/C22H28N2O3S/c1-14(2)22(25)24-10-6-7-18-8-9-19(13-20(18)24)23-28(26,27)21-12-16(4)15(3)11-17(21)5/h8-9,11-14,23H,6-7,10H2,1-5H3. The zero-order valence-corrected chi connectivity index (χ0v) is 18.0. The van der Waals surface area contributed by atoms with E-state index in [0.717, 1.165) is 35.2 Å². The van der Waals surface area contributed by atoms with Crippen LogP contribution in [-0.2, 0) is 21.2 Å². The minimum absolute atomic E-state index is 0.0611. The van der Waals surface area contributed by atoms with Crippen molar-refractivity contribution >= 4 is 27.3 Å². The van der Waals surface area contributed by atoms with Crippen LogP contribution < -0.4 is 9.62 Å². The Morgan fingerprint density at radius 3 is 2.39 bits per heavy atom. The van der Waals surface area contributed by atoms with Crippen molar-refractivity contribution in [1.29, 1.82) is 0 Å². The van der Waals surface area contributed by atoms with Gasteiger partial charge in [-0.25, -0.2) is 8.42 Å². The third-order valence-corrected chi connectivity index (χ3v) is 6.82. The van der Waals surface area contributed by atoms with E-state index < -0.39 is 10.0 Å². The molecule has 0 unspecified atom stereocenters. The number of hydrogen-bond donors (Lipinski definition) is 1. The van der Waals surface area contributed by atoms with Gasteiger partial charge in [-0.05, 0) is 74.1 Å². The van der Waals surface area contributed by atoms with E-state index >= 15 is 0 Å². The lowest BCUT2D eigenvalue weighted by molar-refractivity contribution is -0.121. The van der Waals surface area contributed by atoms with Crippen LogP contribution >= 0.6 is 0 Å². The Bertz CT molecular complexity index is 1030. The molecule has 150 valence electrons. The number of amides is 1. The number of benzene rings is 2. The molecule has 2 aromatic rings. The van der Waals surface area contributed by atoms with E-state index in [1.807, 2.05) is 39.8 Å². The van der Waals surface area contributed by atoms with E-state index in [9.17, 15) is 13.2 Å². The Hall–Kier alpha value is -2.34. The highest BCUT2D eigenvalue weighted by atomic mass is 32.2. The molecule has 6 heteroatoms. The molecule has 3 rings (SSSR count). The van der Waals surface area contributed by atoms with Gasteiger partial charge in [-0.2, -0.15) is 0 Å². The fourth-order valence-electron chi connectivity index (χ4n) is 3.61. The molecule has 1 aliphatic rings. The van der Waals surface area contributed by atoms with Gasteiger partial charge in [-0.15, -0.1) is 0 Å². The van der Waals surface area contributed by atoms with Crippen molar-refractivity contribution < 1.29 is 13.2 Å². The lowest BCUT2D eigenvalue weighted by atomic mass is 9.99. The van der Waals surface area contributed by atoms with Crippen molar-refractivity contribution in [2.45, 2.75) is 52.4 Å². The van der Waals surface area contributed by atoms with Crippen LogP contribution in [0.3, 0.4) is 0 Å². The summed E-state index contributed by atoms with van der Waals surface area (Å²) >= 11 is 0. The zero-order valence-electron chi connectivity index (χ0n) is 17.2. The number of carbonyl (C=O) groups excluding carboxylic acids is 1. The molecule has 0 radical (unpaired) electrons. The fraction of sp³-hybridized carbons (Fsp3) is 0.409. The molecule has 1 heterocycles. The van der Waals surface area contributed by atoms with Crippen molar-refractivity contribution in [2.75, 3.05) is 16.2 Å². The van der Waals surface area contributed by atoms with Gasteiger partial charge in [0.1, 0.15) is 0 Å².